The molecule has 5 nitrogen and oxygen atoms in total. The summed E-state index contributed by atoms with van der Waals surface area (Å²) >= 11 is 6.33. The summed E-state index contributed by atoms with van der Waals surface area (Å²) in [6.45, 7) is 5.87. The second-order valence-electron chi connectivity index (χ2n) is 10.5. The minimum Gasteiger partial charge on any atom is -0.490 e. The molecule has 3 aliphatic rings. The van der Waals surface area contributed by atoms with Gasteiger partial charge in [0.05, 0.1) is 24.0 Å². The molecule has 0 aromatic heterocycles. The van der Waals surface area contributed by atoms with Gasteiger partial charge in [-0.1, -0.05) is 23.7 Å². The Balaban J connectivity index is 1.50. The van der Waals surface area contributed by atoms with Gasteiger partial charge in [0.1, 0.15) is 5.75 Å². The maximum atomic E-state index is 11.8. The molecule has 2 aliphatic carbocycles. The second-order valence-corrected chi connectivity index (χ2v) is 11.0. The van der Waals surface area contributed by atoms with E-state index in [1.807, 2.05) is 12.1 Å². The standard InChI is InChI=1S/C29H34ClNO4/c1-2-3-6-26(32)23-10-7-21(23)16-31-17-29(13-4-5-19-14-22(30)9-11-24(19)29)18-35-27-12-8-20(28(33)34)15-25(27)31/h2,8-9,11-12,14-15,21,23,26,32H,1,3-7,10,13,16-18H2,(H,33,34)/t21-,23+,26-,29?/m0/s1. The summed E-state index contributed by atoms with van der Waals surface area (Å²) in [5.74, 6) is 0.417. The van der Waals surface area contributed by atoms with Crippen LogP contribution in [0.4, 0.5) is 5.69 Å². The minimum atomic E-state index is -0.939. The molecule has 0 radical (unpaired) electrons. The number of aliphatic hydroxyl groups excluding tert-OH is 1. The van der Waals surface area contributed by atoms with Crippen LogP contribution in [0.5, 0.6) is 5.75 Å². The summed E-state index contributed by atoms with van der Waals surface area (Å²) in [6, 6.07) is 11.4. The Bertz CT molecular complexity index is 1120. The Morgan fingerprint density at radius 2 is 2.14 bits per heavy atom. The third kappa shape index (κ3) is 4.68. The van der Waals surface area contributed by atoms with Gasteiger partial charge in [0.15, 0.2) is 0 Å². The maximum absolute atomic E-state index is 11.8. The van der Waals surface area contributed by atoms with Crippen molar-refractivity contribution in [2.45, 2.75) is 56.5 Å². The van der Waals surface area contributed by atoms with Gasteiger partial charge in [-0.2, -0.15) is 0 Å². The Labute approximate surface area is 212 Å². The lowest BCUT2D eigenvalue weighted by molar-refractivity contribution is 0.0112. The highest BCUT2D eigenvalue weighted by molar-refractivity contribution is 6.30. The predicted octanol–water partition coefficient (Wildman–Crippen LogP) is 5.86. The number of rotatable bonds is 7. The third-order valence-corrected chi connectivity index (χ3v) is 8.61. The van der Waals surface area contributed by atoms with E-state index in [1.54, 1.807) is 18.2 Å². The Kier molecular flexibility index (Phi) is 6.82. The van der Waals surface area contributed by atoms with Crippen LogP contribution < -0.4 is 9.64 Å². The van der Waals surface area contributed by atoms with Crippen LogP contribution >= 0.6 is 11.6 Å². The minimum absolute atomic E-state index is 0.193. The van der Waals surface area contributed by atoms with Crippen LogP contribution in [-0.2, 0) is 11.8 Å². The Hall–Kier alpha value is -2.50. The highest BCUT2D eigenvalue weighted by Crippen LogP contribution is 2.46. The number of hydrogen-bond acceptors (Lipinski definition) is 4. The molecule has 2 aromatic carbocycles. The van der Waals surface area contributed by atoms with Crippen LogP contribution in [0.15, 0.2) is 49.1 Å². The van der Waals surface area contributed by atoms with E-state index in [2.05, 4.69) is 23.6 Å². The van der Waals surface area contributed by atoms with Crippen molar-refractivity contribution in [1.29, 1.82) is 0 Å². The van der Waals surface area contributed by atoms with Crippen LogP contribution in [0.25, 0.3) is 0 Å². The monoisotopic (exact) mass is 495 g/mol. The largest absolute Gasteiger partial charge is 0.490 e. The number of hydrogen-bond donors (Lipinski definition) is 2. The van der Waals surface area contributed by atoms with Gasteiger partial charge in [-0.05, 0) is 98.2 Å². The molecule has 186 valence electrons. The fourth-order valence-corrected chi connectivity index (χ4v) is 6.56. The summed E-state index contributed by atoms with van der Waals surface area (Å²) in [5, 5.41) is 21.2. The fourth-order valence-electron chi connectivity index (χ4n) is 6.36. The zero-order valence-electron chi connectivity index (χ0n) is 20.1. The lowest BCUT2D eigenvalue weighted by Gasteiger charge is -2.45. The first kappa shape index (κ1) is 24.2. The zero-order valence-corrected chi connectivity index (χ0v) is 20.8. The number of carboxylic acids is 1. The van der Waals surface area contributed by atoms with Crippen LogP contribution in [-0.4, -0.2) is 42.0 Å². The smallest absolute Gasteiger partial charge is 0.335 e. The molecular weight excluding hydrogens is 462 g/mol. The van der Waals surface area contributed by atoms with Gasteiger partial charge in [0.25, 0.3) is 0 Å². The average Bonchev–Trinajstić information content (AvgIpc) is 2.97. The molecule has 0 amide bonds. The summed E-state index contributed by atoms with van der Waals surface area (Å²) in [6.07, 6.45) is 8.27. The van der Waals surface area contributed by atoms with Gasteiger partial charge in [0.2, 0.25) is 0 Å². The van der Waals surface area contributed by atoms with Crippen LogP contribution in [0, 0.1) is 11.8 Å². The van der Waals surface area contributed by atoms with Gasteiger partial charge in [-0.25, -0.2) is 4.79 Å². The van der Waals surface area contributed by atoms with E-state index in [0.29, 0.717) is 12.5 Å². The van der Waals surface area contributed by atoms with E-state index < -0.39 is 5.97 Å². The second kappa shape index (κ2) is 9.87. The molecule has 5 rings (SSSR count). The lowest BCUT2D eigenvalue weighted by Crippen LogP contribution is -2.49. The molecular formula is C29H34ClNO4. The first-order valence-corrected chi connectivity index (χ1v) is 13.1. The zero-order chi connectivity index (χ0) is 24.6. The number of carboxylic acid groups (broad SMARTS) is 1. The van der Waals surface area contributed by atoms with E-state index in [4.69, 9.17) is 16.3 Å². The van der Waals surface area contributed by atoms with Gasteiger partial charge < -0.3 is 19.8 Å². The molecule has 2 aromatic rings. The molecule has 1 heterocycles. The number of allylic oxidation sites excluding steroid dienone is 1. The van der Waals surface area contributed by atoms with E-state index in [0.717, 1.165) is 74.5 Å². The Morgan fingerprint density at radius 1 is 1.29 bits per heavy atom. The van der Waals surface area contributed by atoms with Crippen LogP contribution in [0.3, 0.4) is 0 Å². The third-order valence-electron chi connectivity index (χ3n) is 8.38. The molecule has 35 heavy (non-hydrogen) atoms. The fraction of sp³-hybridized carbons (Fsp3) is 0.483. The molecule has 1 fully saturated rings. The number of aryl methyl sites for hydroxylation is 1. The number of carbonyl (C=O) groups is 1. The van der Waals surface area contributed by atoms with E-state index in [9.17, 15) is 15.0 Å². The van der Waals surface area contributed by atoms with E-state index in [1.165, 1.54) is 11.1 Å². The molecule has 1 saturated carbocycles. The number of anilines is 1. The quantitative estimate of drug-likeness (QED) is 0.470. The maximum Gasteiger partial charge on any atom is 0.335 e. The molecule has 1 spiro atoms. The summed E-state index contributed by atoms with van der Waals surface area (Å²) in [4.78, 5) is 14.1. The summed E-state index contributed by atoms with van der Waals surface area (Å²) in [5.41, 5.74) is 3.49. The lowest BCUT2D eigenvalue weighted by atomic mass is 9.68. The highest BCUT2D eigenvalue weighted by atomic mass is 35.5. The number of halogens is 1. The van der Waals surface area contributed by atoms with Crippen molar-refractivity contribution in [2.24, 2.45) is 11.8 Å². The SMILES string of the molecule is C=CCC[C@H](O)[C@@H]1CC[C@H]1CN1CC2(CCCc3cc(Cl)ccc32)COc2ccc(C(=O)O)cc21. The van der Waals surface area contributed by atoms with Crippen molar-refractivity contribution in [2.75, 3.05) is 24.6 Å². The molecule has 0 saturated heterocycles. The number of ether oxygens (including phenoxy) is 1. The summed E-state index contributed by atoms with van der Waals surface area (Å²) < 4.78 is 6.43. The molecule has 1 aliphatic heterocycles. The number of nitrogens with zero attached hydrogens (tertiary/aromatic N) is 1. The van der Waals surface area contributed by atoms with Crippen molar-refractivity contribution < 1.29 is 19.7 Å². The van der Waals surface area contributed by atoms with Gasteiger partial charge in [-0.15, -0.1) is 6.58 Å². The molecule has 1 unspecified atom stereocenters. The Morgan fingerprint density at radius 3 is 2.89 bits per heavy atom. The molecule has 2 N–H and O–H groups in total. The van der Waals surface area contributed by atoms with Crippen molar-refractivity contribution in [1.82, 2.24) is 0 Å². The number of aromatic carboxylic acids is 1. The highest BCUT2D eigenvalue weighted by Gasteiger charge is 2.44. The van der Waals surface area contributed by atoms with Crippen LogP contribution in [0.1, 0.15) is 60.0 Å². The first-order chi connectivity index (χ1) is 16.9. The van der Waals surface area contributed by atoms with E-state index >= 15 is 0 Å². The number of fused-ring (bicyclic) bond motifs is 3. The number of aliphatic hydroxyl groups is 1. The van der Waals surface area contributed by atoms with Gasteiger partial charge in [-0.3, -0.25) is 0 Å². The normalized spacial score (nSPS) is 26.1. The average molecular weight is 496 g/mol. The van der Waals surface area contributed by atoms with Crippen molar-refractivity contribution in [3.05, 3.63) is 70.8 Å². The number of benzene rings is 2. The summed E-state index contributed by atoms with van der Waals surface area (Å²) in [7, 11) is 0. The van der Waals surface area contributed by atoms with Gasteiger partial charge in [0, 0.05) is 23.5 Å². The predicted molar refractivity (Wildman–Crippen MR) is 139 cm³/mol. The van der Waals surface area contributed by atoms with E-state index in [-0.39, 0.29) is 23.0 Å². The van der Waals surface area contributed by atoms with Crippen molar-refractivity contribution >= 4 is 23.3 Å². The van der Waals surface area contributed by atoms with Crippen LogP contribution in [0.2, 0.25) is 5.02 Å². The van der Waals surface area contributed by atoms with Crippen molar-refractivity contribution in [3.63, 3.8) is 0 Å². The first-order valence-electron chi connectivity index (χ1n) is 12.7. The molecule has 6 heteroatoms. The molecule has 0 bridgehead atoms. The molecule has 4 atom stereocenters. The topological polar surface area (TPSA) is 70.0 Å². The van der Waals surface area contributed by atoms with Crippen molar-refractivity contribution in [3.8, 4) is 5.75 Å². The van der Waals surface area contributed by atoms with Gasteiger partial charge >= 0.3 is 5.97 Å².